The predicted octanol–water partition coefficient (Wildman–Crippen LogP) is 2.83. The van der Waals surface area contributed by atoms with Gasteiger partial charge in [-0.3, -0.25) is 4.79 Å². The van der Waals surface area contributed by atoms with Crippen LogP contribution in [0.4, 0.5) is 10.6 Å². The van der Waals surface area contributed by atoms with Crippen molar-refractivity contribution in [2.75, 3.05) is 31.6 Å². The van der Waals surface area contributed by atoms with Gasteiger partial charge in [-0.05, 0) is 57.8 Å². The van der Waals surface area contributed by atoms with Gasteiger partial charge >= 0.3 is 6.09 Å². The molecule has 1 N–H and O–H groups in total. The summed E-state index contributed by atoms with van der Waals surface area (Å²) in [7, 11) is 1.33. The van der Waals surface area contributed by atoms with E-state index in [1.54, 1.807) is 0 Å². The molecule has 1 unspecified atom stereocenters. The van der Waals surface area contributed by atoms with E-state index < -0.39 is 12.1 Å². The summed E-state index contributed by atoms with van der Waals surface area (Å²) in [6, 6.07) is 1.39. The summed E-state index contributed by atoms with van der Waals surface area (Å²) in [5.74, 6) is 1.20. The summed E-state index contributed by atoms with van der Waals surface area (Å²) in [4.78, 5) is 34.5. The maximum Gasteiger partial charge on any atom is 0.407 e. The van der Waals surface area contributed by atoms with Gasteiger partial charge in [0.25, 0.3) is 0 Å². The lowest BCUT2D eigenvalue weighted by Gasteiger charge is -2.37. The van der Waals surface area contributed by atoms with Crippen LogP contribution in [0.1, 0.15) is 62.2 Å². The molecule has 1 aliphatic carbocycles. The molecule has 32 heavy (non-hydrogen) atoms. The predicted molar refractivity (Wildman–Crippen MR) is 120 cm³/mol. The van der Waals surface area contributed by atoms with Crippen molar-refractivity contribution in [2.45, 2.75) is 64.0 Å². The van der Waals surface area contributed by atoms with Gasteiger partial charge in [0, 0.05) is 37.5 Å². The molecule has 172 valence electrons. The number of anilines is 1. The number of nitrogens with one attached hydrogen (secondary N) is 1. The number of carbonyl (C=O) groups excluding carboxylic acids is 2. The normalized spacial score (nSPS) is 22.2. The number of alkyl carbamates (subject to hydrolysis) is 1. The van der Waals surface area contributed by atoms with Crippen molar-refractivity contribution in [3.8, 4) is 0 Å². The zero-order valence-corrected chi connectivity index (χ0v) is 18.9. The lowest BCUT2D eigenvalue weighted by molar-refractivity contribution is -0.138. The molecule has 2 aromatic heterocycles. The van der Waals surface area contributed by atoms with Crippen LogP contribution in [0, 0.1) is 12.8 Å². The van der Waals surface area contributed by atoms with Crippen molar-refractivity contribution in [1.82, 2.24) is 24.8 Å². The van der Waals surface area contributed by atoms with E-state index in [4.69, 9.17) is 14.8 Å². The maximum atomic E-state index is 13.5. The third-order valence-electron chi connectivity index (χ3n) is 6.98. The second kappa shape index (κ2) is 8.60. The number of hydrogen-bond acceptors (Lipinski definition) is 6. The monoisotopic (exact) mass is 440 g/mol. The summed E-state index contributed by atoms with van der Waals surface area (Å²) in [5.41, 5.74) is 2.80. The van der Waals surface area contributed by atoms with E-state index in [1.807, 2.05) is 21.7 Å². The number of rotatable bonds is 5. The Hall–Kier alpha value is -2.84. The molecule has 2 atom stereocenters. The molecule has 0 spiro atoms. The number of hydrogen-bond donors (Lipinski definition) is 1. The van der Waals surface area contributed by atoms with Crippen molar-refractivity contribution in [2.24, 2.45) is 5.92 Å². The minimum Gasteiger partial charge on any atom is -0.453 e. The summed E-state index contributed by atoms with van der Waals surface area (Å²) in [5, 5.41) is 7.60. The molecule has 0 aromatic carbocycles. The molecule has 5 rings (SSSR count). The average molecular weight is 441 g/mol. The van der Waals surface area contributed by atoms with E-state index in [2.05, 4.69) is 17.1 Å². The number of aromatic nitrogens is 3. The fraction of sp³-hybridized carbons (Fsp3) is 0.652. The van der Waals surface area contributed by atoms with Crippen LogP contribution in [-0.2, 0) is 9.53 Å². The van der Waals surface area contributed by atoms with Crippen molar-refractivity contribution < 1.29 is 14.3 Å². The number of nitrogens with zero attached hydrogens (tertiary/aromatic N) is 5. The number of aryl methyl sites for hydroxylation is 1. The molecule has 2 amide bonds. The topological polar surface area (TPSA) is 92.1 Å². The van der Waals surface area contributed by atoms with Gasteiger partial charge in [-0.2, -0.15) is 5.10 Å². The number of piperidine rings is 1. The van der Waals surface area contributed by atoms with Crippen LogP contribution in [0.2, 0.25) is 0 Å². The minimum atomic E-state index is -0.550. The van der Waals surface area contributed by atoms with Crippen LogP contribution in [0.25, 0.3) is 5.65 Å². The highest BCUT2D eigenvalue weighted by atomic mass is 16.5. The molecule has 9 nitrogen and oxygen atoms in total. The fourth-order valence-electron chi connectivity index (χ4n) is 5.11. The summed E-state index contributed by atoms with van der Waals surface area (Å²) < 4.78 is 6.60. The Morgan fingerprint density at radius 3 is 2.59 bits per heavy atom. The van der Waals surface area contributed by atoms with Gasteiger partial charge in [0.05, 0.1) is 18.8 Å². The first kappa shape index (κ1) is 21.0. The van der Waals surface area contributed by atoms with Crippen molar-refractivity contribution in [1.29, 1.82) is 0 Å². The van der Waals surface area contributed by atoms with Gasteiger partial charge in [-0.25, -0.2) is 14.3 Å². The molecule has 3 fully saturated rings. The summed E-state index contributed by atoms with van der Waals surface area (Å²) in [6.07, 6.45) is 8.68. The fourth-order valence-corrected chi connectivity index (χ4v) is 5.11. The average Bonchev–Trinajstić information content (AvgIpc) is 3.33. The number of fused-ring (bicyclic) bond motifs is 1. The van der Waals surface area contributed by atoms with Crippen molar-refractivity contribution in [3.05, 3.63) is 23.5 Å². The Labute approximate surface area is 188 Å². The van der Waals surface area contributed by atoms with Gasteiger partial charge in [-0.1, -0.05) is 0 Å². The molecule has 2 aliphatic heterocycles. The van der Waals surface area contributed by atoms with Crippen LogP contribution in [-0.4, -0.2) is 64.3 Å². The highest BCUT2D eigenvalue weighted by molar-refractivity contribution is 5.86. The second-order valence-corrected chi connectivity index (χ2v) is 9.31. The molecule has 0 bridgehead atoms. The number of carbonyl (C=O) groups is 2. The maximum absolute atomic E-state index is 13.5. The molecule has 1 saturated carbocycles. The van der Waals surface area contributed by atoms with E-state index in [0.29, 0.717) is 6.54 Å². The molecule has 3 aliphatic rings. The summed E-state index contributed by atoms with van der Waals surface area (Å²) >= 11 is 0. The van der Waals surface area contributed by atoms with Crippen LogP contribution >= 0.6 is 0 Å². The van der Waals surface area contributed by atoms with Gasteiger partial charge in [0.15, 0.2) is 5.65 Å². The van der Waals surface area contributed by atoms with E-state index in [9.17, 15) is 9.59 Å². The lowest BCUT2D eigenvalue weighted by Crippen LogP contribution is -2.52. The van der Waals surface area contributed by atoms with Gasteiger partial charge in [0.1, 0.15) is 11.9 Å². The molecule has 2 aromatic rings. The molecule has 9 heteroatoms. The Morgan fingerprint density at radius 1 is 1.12 bits per heavy atom. The standard InChI is InChI=1S/C23H32N6O3/c1-15-14-29-19(24-21(15)27-10-5-6-11-27)13-17(26-29)18-7-3-4-12-28(18)22(30)20(16-8-9-16)25-23(31)32-2/h13-14,16,18,20H,3-12H2,1-2H3,(H,25,31)/t18-,20?/m0/s1. The van der Waals surface area contributed by atoms with Gasteiger partial charge in [-0.15, -0.1) is 0 Å². The van der Waals surface area contributed by atoms with E-state index in [1.165, 1.54) is 20.0 Å². The van der Waals surface area contributed by atoms with Crippen molar-refractivity contribution >= 4 is 23.5 Å². The van der Waals surface area contributed by atoms with E-state index >= 15 is 0 Å². The molecular formula is C23H32N6O3. The van der Waals surface area contributed by atoms with Crippen LogP contribution in [0.3, 0.4) is 0 Å². The summed E-state index contributed by atoms with van der Waals surface area (Å²) in [6.45, 7) is 4.85. The third kappa shape index (κ3) is 4.00. The van der Waals surface area contributed by atoms with Gasteiger partial charge < -0.3 is 19.9 Å². The minimum absolute atomic E-state index is 0.0263. The second-order valence-electron chi connectivity index (χ2n) is 9.31. The molecule has 0 radical (unpaired) electrons. The number of ether oxygens (including phenoxy) is 1. The highest BCUT2D eigenvalue weighted by Crippen LogP contribution is 2.37. The largest absolute Gasteiger partial charge is 0.453 e. The van der Waals surface area contributed by atoms with Gasteiger partial charge in [0.2, 0.25) is 5.91 Å². The Bertz CT molecular complexity index is 1010. The van der Waals surface area contributed by atoms with E-state index in [-0.39, 0.29) is 17.9 Å². The van der Waals surface area contributed by atoms with Crippen LogP contribution < -0.4 is 10.2 Å². The first-order valence-corrected chi connectivity index (χ1v) is 11.8. The Morgan fingerprint density at radius 2 is 1.88 bits per heavy atom. The van der Waals surface area contributed by atoms with Crippen LogP contribution in [0.15, 0.2) is 12.3 Å². The Balaban J connectivity index is 1.42. The highest BCUT2D eigenvalue weighted by Gasteiger charge is 2.42. The number of amides is 2. The third-order valence-corrected chi connectivity index (χ3v) is 6.98. The molecular weight excluding hydrogens is 408 g/mol. The Kier molecular flexibility index (Phi) is 5.65. The zero-order valence-electron chi connectivity index (χ0n) is 18.9. The smallest absolute Gasteiger partial charge is 0.407 e. The first-order chi connectivity index (χ1) is 15.5. The quantitative estimate of drug-likeness (QED) is 0.769. The molecule has 4 heterocycles. The molecule has 2 saturated heterocycles. The van der Waals surface area contributed by atoms with E-state index in [0.717, 1.165) is 67.9 Å². The first-order valence-electron chi connectivity index (χ1n) is 11.8. The number of methoxy groups -OCH3 is 1. The van der Waals surface area contributed by atoms with Crippen LogP contribution in [0.5, 0.6) is 0 Å². The lowest BCUT2D eigenvalue weighted by atomic mass is 9.97. The van der Waals surface area contributed by atoms with Crippen molar-refractivity contribution in [3.63, 3.8) is 0 Å². The SMILES string of the molecule is COC(=O)NC(C(=O)N1CCCC[C@H]1c1cc2nc(N3CCCC3)c(C)cn2n1)C1CC1. The number of likely N-dealkylation sites (tertiary alicyclic amines) is 1. The zero-order chi connectivity index (χ0) is 22.2.